The highest BCUT2D eigenvalue weighted by atomic mass is 35.5. The van der Waals surface area contributed by atoms with Gasteiger partial charge in [0.05, 0.1) is 19.1 Å². The Labute approximate surface area is 229 Å². The molecule has 0 aliphatic carbocycles. The van der Waals surface area contributed by atoms with Gasteiger partial charge in [0, 0.05) is 30.1 Å². The van der Waals surface area contributed by atoms with E-state index in [1.54, 1.807) is 56.3 Å². The number of hydrogen-bond donors (Lipinski definition) is 2. The molecular weight excluding hydrogens is 535 g/mol. The number of carbonyl (C=O) groups excluding carboxylic acids is 1. The number of ether oxygens (including phenoxy) is 2. The van der Waals surface area contributed by atoms with Crippen molar-refractivity contribution >= 4 is 23.4 Å². The minimum absolute atomic E-state index is 0.0251. The van der Waals surface area contributed by atoms with Crippen LogP contribution in [-0.2, 0) is 28.7 Å². The van der Waals surface area contributed by atoms with E-state index in [-0.39, 0.29) is 31.7 Å². The number of nitrogens with one attached hydrogen (secondary N) is 1. The van der Waals surface area contributed by atoms with E-state index in [2.05, 4.69) is 5.32 Å². The molecule has 3 rings (SSSR count). The van der Waals surface area contributed by atoms with E-state index in [4.69, 9.17) is 26.2 Å². The van der Waals surface area contributed by atoms with E-state index in [0.717, 1.165) is 12.1 Å². The number of hydrogen-bond acceptors (Lipinski definition) is 5. The van der Waals surface area contributed by atoms with E-state index in [1.165, 1.54) is 13.2 Å². The van der Waals surface area contributed by atoms with Crippen molar-refractivity contribution in [3.8, 4) is 22.6 Å². The Kier molecular flexibility index (Phi) is 9.63. The van der Waals surface area contributed by atoms with Gasteiger partial charge < -0.3 is 19.9 Å². The molecule has 0 saturated carbocycles. The van der Waals surface area contributed by atoms with Crippen LogP contribution in [0.25, 0.3) is 11.1 Å². The first-order chi connectivity index (χ1) is 18.3. The van der Waals surface area contributed by atoms with Crippen molar-refractivity contribution in [3.63, 3.8) is 0 Å². The highest BCUT2D eigenvalue weighted by Crippen LogP contribution is 2.37. The number of carboxylic acids is 1. The van der Waals surface area contributed by atoms with Crippen molar-refractivity contribution in [2.45, 2.75) is 45.0 Å². The average molecular weight is 564 g/mol. The Hall–Kier alpha value is -3.56. The molecule has 2 N–H and O–H groups in total. The van der Waals surface area contributed by atoms with Gasteiger partial charge in [-0.2, -0.15) is 13.2 Å². The quantitative estimate of drug-likeness (QED) is 0.243. The van der Waals surface area contributed by atoms with Gasteiger partial charge in [-0.3, -0.25) is 9.59 Å². The molecule has 0 fully saturated rings. The van der Waals surface area contributed by atoms with Gasteiger partial charge in [-0.1, -0.05) is 23.7 Å². The number of ketones is 1. The van der Waals surface area contributed by atoms with Crippen LogP contribution in [0, 0.1) is 0 Å². The fourth-order valence-corrected chi connectivity index (χ4v) is 4.14. The normalized spacial score (nSPS) is 11.8. The van der Waals surface area contributed by atoms with E-state index >= 15 is 0 Å². The summed E-state index contributed by atoms with van der Waals surface area (Å²) in [7, 11) is 1.43. The Bertz CT molecular complexity index is 1320. The molecule has 0 aliphatic rings. The number of carboxylic acid groups (broad SMARTS) is 1. The summed E-state index contributed by atoms with van der Waals surface area (Å²) >= 11 is 5.89. The number of methoxy groups -OCH3 is 1. The molecule has 0 heterocycles. The fraction of sp³-hybridized carbons (Fsp3) is 0.310. The summed E-state index contributed by atoms with van der Waals surface area (Å²) in [6.45, 7) is 3.51. The maximum absolute atomic E-state index is 13.5. The monoisotopic (exact) mass is 563 g/mol. The standard InChI is InChI=1S/C29H29ClF3NO5/c1-28(2,39-22-8-6-21(30)7-9-22)26(35)12-13-34-17-19-16-20(29(31,32)33)5-10-23(19)24-14-18(15-27(36)37)4-11-25(24)38-3/h4-11,14,16,34H,12-13,15,17H2,1-3H3,(H,36,37). The van der Waals surface area contributed by atoms with E-state index in [0.29, 0.717) is 38.8 Å². The molecule has 39 heavy (non-hydrogen) atoms. The molecule has 6 nitrogen and oxygen atoms in total. The highest BCUT2D eigenvalue weighted by Gasteiger charge is 2.32. The number of alkyl halides is 3. The lowest BCUT2D eigenvalue weighted by Gasteiger charge is -2.25. The first-order valence-electron chi connectivity index (χ1n) is 12.1. The molecule has 0 atom stereocenters. The van der Waals surface area contributed by atoms with Crippen LogP contribution in [0.4, 0.5) is 13.2 Å². The van der Waals surface area contributed by atoms with Crippen molar-refractivity contribution in [1.82, 2.24) is 5.32 Å². The van der Waals surface area contributed by atoms with E-state index < -0.39 is 23.3 Å². The number of Topliss-reactive ketones (excluding diaryl/α,β-unsaturated/α-hetero) is 1. The second kappa shape index (κ2) is 12.5. The van der Waals surface area contributed by atoms with Crippen LogP contribution in [-0.4, -0.2) is 36.1 Å². The minimum atomic E-state index is -4.55. The lowest BCUT2D eigenvalue weighted by atomic mass is 9.94. The van der Waals surface area contributed by atoms with Gasteiger partial charge in [0.2, 0.25) is 0 Å². The summed E-state index contributed by atoms with van der Waals surface area (Å²) in [5.74, 6) is -0.356. The van der Waals surface area contributed by atoms with Crippen LogP contribution in [0.3, 0.4) is 0 Å². The highest BCUT2D eigenvalue weighted by molar-refractivity contribution is 6.30. The van der Waals surface area contributed by atoms with Crippen LogP contribution in [0.15, 0.2) is 60.7 Å². The SMILES string of the molecule is COc1ccc(CC(=O)O)cc1-c1ccc(C(F)(F)F)cc1CNCCC(=O)C(C)(C)Oc1ccc(Cl)cc1. The number of aliphatic carboxylic acids is 1. The lowest BCUT2D eigenvalue weighted by Crippen LogP contribution is -2.39. The zero-order chi connectivity index (χ0) is 28.8. The second-order valence-electron chi connectivity index (χ2n) is 9.39. The third-order valence-corrected chi connectivity index (χ3v) is 6.30. The molecule has 0 saturated heterocycles. The van der Waals surface area contributed by atoms with Gasteiger partial charge in [-0.05, 0) is 79.1 Å². The minimum Gasteiger partial charge on any atom is -0.496 e. The molecule has 0 aliphatic heterocycles. The van der Waals surface area contributed by atoms with Crippen LogP contribution < -0.4 is 14.8 Å². The van der Waals surface area contributed by atoms with Gasteiger partial charge in [0.25, 0.3) is 0 Å². The van der Waals surface area contributed by atoms with Gasteiger partial charge in [0.15, 0.2) is 11.4 Å². The Morgan fingerprint density at radius 1 is 0.974 bits per heavy atom. The third kappa shape index (κ3) is 8.21. The summed E-state index contributed by atoms with van der Waals surface area (Å²) in [4.78, 5) is 24.0. The van der Waals surface area contributed by atoms with Gasteiger partial charge >= 0.3 is 12.1 Å². The van der Waals surface area contributed by atoms with Gasteiger partial charge in [-0.25, -0.2) is 0 Å². The number of benzene rings is 3. The maximum atomic E-state index is 13.5. The summed E-state index contributed by atoms with van der Waals surface area (Å²) in [5, 5.41) is 12.8. The predicted molar refractivity (Wildman–Crippen MR) is 142 cm³/mol. The molecule has 3 aromatic rings. The van der Waals surface area contributed by atoms with E-state index in [9.17, 15) is 22.8 Å². The molecule has 0 aromatic heterocycles. The van der Waals surface area contributed by atoms with Crippen LogP contribution in [0.2, 0.25) is 5.02 Å². The van der Waals surface area contributed by atoms with E-state index in [1.807, 2.05) is 0 Å². The Balaban J connectivity index is 1.78. The second-order valence-corrected chi connectivity index (χ2v) is 9.83. The van der Waals surface area contributed by atoms with Crippen LogP contribution in [0.5, 0.6) is 11.5 Å². The Morgan fingerprint density at radius 2 is 1.67 bits per heavy atom. The molecule has 0 unspecified atom stereocenters. The molecule has 0 spiro atoms. The molecular formula is C29H29ClF3NO5. The number of carbonyl (C=O) groups is 2. The Morgan fingerprint density at radius 3 is 2.28 bits per heavy atom. The lowest BCUT2D eigenvalue weighted by molar-refractivity contribution is -0.138. The van der Waals surface area contributed by atoms with Crippen molar-refractivity contribution in [2.24, 2.45) is 0 Å². The van der Waals surface area contributed by atoms with Gasteiger partial charge in [-0.15, -0.1) is 0 Å². The van der Waals surface area contributed by atoms with Crippen LogP contribution in [0.1, 0.15) is 37.0 Å². The van der Waals surface area contributed by atoms with Crippen LogP contribution >= 0.6 is 11.6 Å². The number of halogens is 4. The largest absolute Gasteiger partial charge is 0.496 e. The van der Waals surface area contributed by atoms with Crippen molar-refractivity contribution in [2.75, 3.05) is 13.7 Å². The summed E-state index contributed by atoms with van der Waals surface area (Å²) < 4.78 is 51.7. The molecule has 0 amide bonds. The molecule has 208 valence electrons. The van der Waals surface area contributed by atoms with Gasteiger partial charge in [0.1, 0.15) is 11.5 Å². The average Bonchev–Trinajstić information content (AvgIpc) is 2.86. The van der Waals surface area contributed by atoms with Crippen molar-refractivity contribution in [1.29, 1.82) is 0 Å². The topological polar surface area (TPSA) is 84.9 Å². The summed E-state index contributed by atoms with van der Waals surface area (Å²) in [6, 6.07) is 14.8. The molecule has 10 heteroatoms. The summed E-state index contributed by atoms with van der Waals surface area (Å²) in [5.41, 5.74) is -0.232. The smallest absolute Gasteiger partial charge is 0.416 e. The zero-order valence-corrected chi connectivity index (χ0v) is 22.4. The first kappa shape index (κ1) is 30.0. The third-order valence-electron chi connectivity index (χ3n) is 6.04. The predicted octanol–water partition coefficient (Wildman–Crippen LogP) is 6.57. The first-order valence-corrected chi connectivity index (χ1v) is 12.5. The summed E-state index contributed by atoms with van der Waals surface area (Å²) in [6.07, 6.45) is -4.73. The number of rotatable bonds is 12. The van der Waals surface area contributed by atoms with Crippen molar-refractivity contribution < 1.29 is 37.3 Å². The molecule has 0 radical (unpaired) electrons. The molecule has 3 aromatic carbocycles. The van der Waals surface area contributed by atoms with Crippen molar-refractivity contribution in [3.05, 3.63) is 82.4 Å². The zero-order valence-electron chi connectivity index (χ0n) is 21.7. The molecule has 0 bridgehead atoms. The maximum Gasteiger partial charge on any atom is 0.416 e. The fourth-order valence-electron chi connectivity index (χ4n) is 4.01.